The van der Waals surface area contributed by atoms with Crippen LogP contribution < -0.4 is 15.5 Å². The van der Waals surface area contributed by atoms with Crippen LogP contribution in [-0.4, -0.2) is 55.7 Å². The van der Waals surface area contributed by atoms with Crippen molar-refractivity contribution in [2.24, 2.45) is 4.99 Å². The third-order valence-corrected chi connectivity index (χ3v) is 5.61. The zero-order valence-corrected chi connectivity index (χ0v) is 16.6. The first-order valence-corrected chi connectivity index (χ1v) is 11.3. The number of aliphatic imine (C=N–C) groups is 1. The van der Waals surface area contributed by atoms with Crippen LogP contribution >= 0.6 is 23.1 Å². The number of hydrogen-bond acceptors (Lipinski definition) is 5. The monoisotopic (exact) mass is 369 g/mol. The molecular formula is C17H31N5S2. The van der Waals surface area contributed by atoms with Crippen LogP contribution in [0.2, 0.25) is 0 Å². The van der Waals surface area contributed by atoms with E-state index in [4.69, 9.17) is 4.98 Å². The lowest BCUT2D eigenvalue weighted by atomic mass is 10.3. The number of thiazole rings is 1. The Hall–Kier alpha value is -0.950. The highest BCUT2D eigenvalue weighted by Crippen LogP contribution is 2.24. The second kappa shape index (κ2) is 11.6. The van der Waals surface area contributed by atoms with E-state index in [9.17, 15) is 0 Å². The smallest absolute Gasteiger partial charge is 0.191 e. The molecule has 136 valence electrons. The topological polar surface area (TPSA) is 52.6 Å². The first-order chi connectivity index (χ1) is 11.8. The second-order valence-corrected chi connectivity index (χ2v) is 7.78. The van der Waals surface area contributed by atoms with Crippen molar-refractivity contribution in [2.75, 3.05) is 49.6 Å². The molecule has 1 aromatic rings. The highest BCUT2D eigenvalue weighted by Gasteiger charge is 2.15. The van der Waals surface area contributed by atoms with E-state index in [1.165, 1.54) is 48.9 Å². The molecule has 1 saturated heterocycles. The molecule has 0 spiro atoms. The van der Waals surface area contributed by atoms with Gasteiger partial charge in [0, 0.05) is 44.5 Å². The van der Waals surface area contributed by atoms with Crippen molar-refractivity contribution in [2.45, 2.75) is 39.0 Å². The third-order valence-electron chi connectivity index (χ3n) is 3.96. The number of nitrogens with zero attached hydrogens (tertiary/aromatic N) is 3. The Morgan fingerprint density at radius 3 is 2.92 bits per heavy atom. The predicted molar refractivity (Wildman–Crippen MR) is 109 cm³/mol. The van der Waals surface area contributed by atoms with Gasteiger partial charge in [-0.1, -0.05) is 0 Å². The Kier molecular flexibility index (Phi) is 9.35. The molecule has 7 heteroatoms. The molecule has 0 saturated carbocycles. The molecule has 5 nitrogen and oxygen atoms in total. The summed E-state index contributed by atoms with van der Waals surface area (Å²) in [7, 11) is 0. The molecule has 0 amide bonds. The summed E-state index contributed by atoms with van der Waals surface area (Å²) in [6, 6.07) is 0. The van der Waals surface area contributed by atoms with Crippen LogP contribution in [0.3, 0.4) is 0 Å². The van der Waals surface area contributed by atoms with Crippen LogP contribution in [0.25, 0.3) is 0 Å². The van der Waals surface area contributed by atoms with Gasteiger partial charge in [-0.3, -0.25) is 4.99 Å². The normalized spacial score (nSPS) is 15.1. The summed E-state index contributed by atoms with van der Waals surface area (Å²) in [5.74, 6) is 2.15. The fourth-order valence-electron chi connectivity index (χ4n) is 2.66. The summed E-state index contributed by atoms with van der Waals surface area (Å²) in [4.78, 5) is 11.8. The molecule has 1 aliphatic heterocycles. The lowest BCUT2D eigenvalue weighted by Gasteiger charge is -2.12. The fraction of sp³-hybridized carbons (Fsp3) is 0.765. The number of unbranched alkanes of at least 4 members (excludes halogenated alkanes) is 1. The minimum Gasteiger partial charge on any atom is -0.357 e. The maximum absolute atomic E-state index is 4.77. The molecule has 1 fully saturated rings. The summed E-state index contributed by atoms with van der Waals surface area (Å²) in [5, 5.41) is 10.1. The van der Waals surface area contributed by atoms with Gasteiger partial charge < -0.3 is 15.5 Å². The summed E-state index contributed by atoms with van der Waals surface area (Å²) in [5.41, 5.74) is 1.19. The highest BCUT2D eigenvalue weighted by molar-refractivity contribution is 7.98. The van der Waals surface area contributed by atoms with E-state index in [1.54, 1.807) is 11.3 Å². The van der Waals surface area contributed by atoms with E-state index in [0.29, 0.717) is 0 Å². The first kappa shape index (κ1) is 19.4. The molecular weight excluding hydrogens is 338 g/mol. The van der Waals surface area contributed by atoms with Crippen molar-refractivity contribution in [1.82, 2.24) is 15.6 Å². The Balaban J connectivity index is 1.70. The Morgan fingerprint density at radius 1 is 1.33 bits per heavy atom. The van der Waals surface area contributed by atoms with Gasteiger partial charge in [0.1, 0.15) is 0 Å². The average molecular weight is 370 g/mol. The molecule has 2 N–H and O–H groups in total. The number of anilines is 1. The van der Waals surface area contributed by atoms with E-state index in [0.717, 1.165) is 38.4 Å². The average Bonchev–Trinajstić information content (AvgIpc) is 3.26. The number of guanidine groups is 1. The zero-order valence-electron chi connectivity index (χ0n) is 15.0. The number of rotatable bonds is 10. The van der Waals surface area contributed by atoms with Crippen LogP contribution in [0.15, 0.2) is 10.4 Å². The molecule has 1 aromatic heterocycles. The van der Waals surface area contributed by atoms with Crippen LogP contribution in [0, 0.1) is 0 Å². The van der Waals surface area contributed by atoms with Crippen molar-refractivity contribution >= 4 is 34.2 Å². The molecule has 0 bridgehead atoms. The number of thioether (sulfide) groups is 1. The van der Waals surface area contributed by atoms with Crippen molar-refractivity contribution in [3.8, 4) is 0 Å². The van der Waals surface area contributed by atoms with Gasteiger partial charge in [-0.25, -0.2) is 4.98 Å². The maximum Gasteiger partial charge on any atom is 0.191 e. The lowest BCUT2D eigenvalue weighted by molar-refractivity contribution is 0.766. The molecule has 0 atom stereocenters. The SMILES string of the molecule is CCNC(=NCCCCSC)NCCc1csc(N2CCCC2)n1. The van der Waals surface area contributed by atoms with Crippen LogP contribution in [0.4, 0.5) is 5.13 Å². The van der Waals surface area contributed by atoms with Gasteiger partial charge in [0.05, 0.1) is 5.69 Å². The molecule has 2 heterocycles. The van der Waals surface area contributed by atoms with Crippen molar-refractivity contribution in [1.29, 1.82) is 0 Å². The largest absolute Gasteiger partial charge is 0.357 e. The molecule has 0 unspecified atom stereocenters. The van der Waals surface area contributed by atoms with E-state index in [1.807, 2.05) is 11.8 Å². The minimum absolute atomic E-state index is 0.875. The highest BCUT2D eigenvalue weighted by atomic mass is 32.2. The van der Waals surface area contributed by atoms with E-state index in [2.05, 4.69) is 39.1 Å². The van der Waals surface area contributed by atoms with Crippen LogP contribution in [0.1, 0.15) is 38.3 Å². The first-order valence-electron chi connectivity index (χ1n) is 9.04. The van der Waals surface area contributed by atoms with Gasteiger partial charge >= 0.3 is 0 Å². The molecule has 0 aliphatic carbocycles. The lowest BCUT2D eigenvalue weighted by Crippen LogP contribution is -2.38. The van der Waals surface area contributed by atoms with Crippen LogP contribution in [-0.2, 0) is 6.42 Å². The summed E-state index contributed by atoms with van der Waals surface area (Å²) in [6.07, 6.45) is 8.10. The maximum atomic E-state index is 4.77. The molecule has 2 rings (SSSR count). The summed E-state index contributed by atoms with van der Waals surface area (Å²) < 4.78 is 0. The van der Waals surface area contributed by atoms with Crippen molar-refractivity contribution in [3.63, 3.8) is 0 Å². The Morgan fingerprint density at radius 2 is 2.17 bits per heavy atom. The molecule has 1 aliphatic rings. The Labute approximate surface area is 154 Å². The van der Waals surface area contributed by atoms with Gasteiger partial charge in [0.2, 0.25) is 0 Å². The van der Waals surface area contributed by atoms with Crippen molar-refractivity contribution in [3.05, 3.63) is 11.1 Å². The molecule has 0 aromatic carbocycles. The Bertz CT molecular complexity index is 483. The van der Waals surface area contributed by atoms with Crippen molar-refractivity contribution < 1.29 is 0 Å². The van der Waals surface area contributed by atoms with E-state index in [-0.39, 0.29) is 0 Å². The standard InChI is InChI=1S/C17H31N5S2/c1-3-18-16(19-9-4-7-13-23-2)20-10-8-15-14-24-17(21-15)22-11-5-6-12-22/h14H,3-13H2,1-2H3,(H2,18,19,20). The predicted octanol–water partition coefficient (Wildman–Crippen LogP) is 2.98. The zero-order chi connectivity index (χ0) is 17.0. The molecule has 0 radical (unpaired) electrons. The fourth-order valence-corrected chi connectivity index (χ4v) is 4.07. The van der Waals surface area contributed by atoms with Gasteiger partial charge in [-0.05, 0) is 44.6 Å². The number of nitrogens with one attached hydrogen (secondary N) is 2. The quantitative estimate of drug-likeness (QED) is 0.377. The third kappa shape index (κ3) is 6.89. The van der Waals surface area contributed by atoms with Gasteiger partial charge in [-0.15, -0.1) is 11.3 Å². The number of hydrogen-bond donors (Lipinski definition) is 2. The van der Waals surface area contributed by atoms with Crippen LogP contribution in [0.5, 0.6) is 0 Å². The summed E-state index contributed by atoms with van der Waals surface area (Å²) >= 11 is 3.68. The minimum atomic E-state index is 0.875. The van der Waals surface area contributed by atoms with Gasteiger partial charge in [0.25, 0.3) is 0 Å². The molecule has 24 heavy (non-hydrogen) atoms. The summed E-state index contributed by atoms with van der Waals surface area (Å²) in [6.45, 7) is 7.10. The van der Waals surface area contributed by atoms with E-state index < -0.39 is 0 Å². The van der Waals surface area contributed by atoms with E-state index >= 15 is 0 Å². The number of aromatic nitrogens is 1. The second-order valence-electron chi connectivity index (χ2n) is 5.95. The van der Waals surface area contributed by atoms with Gasteiger partial charge in [-0.2, -0.15) is 11.8 Å². The van der Waals surface area contributed by atoms with Gasteiger partial charge in [0.15, 0.2) is 11.1 Å².